The Balaban J connectivity index is 0.000001000. The van der Waals surface area contributed by atoms with Crippen molar-refractivity contribution in [2.75, 3.05) is 6.61 Å². The standard InChI is InChI=1S/C5H7NO4.Na/c6-4(9)5(2-10-5)1-3(7)8;/h1-2H2,(H2,6,9)(H,7,8);/q;+1/p-1. The number of carbonyl (C=O) groups excluding carboxylic acids is 2. The first kappa shape index (κ1) is 10.9. The van der Waals surface area contributed by atoms with Gasteiger partial charge in [0.15, 0.2) is 5.60 Å². The molecule has 5 nitrogen and oxygen atoms in total. The topological polar surface area (TPSA) is 95.8 Å². The van der Waals surface area contributed by atoms with Crippen LogP contribution in [0.3, 0.4) is 0 Å². The number of aliphatic carboxylic acids is 1. The van der Waals surface area contributed by atoms with E-state index in [1.807, 2.05) is 0 Å². The van der Waals surface area contributed by atoms with E-state index in [4.69, 9.17) is 5.73 Å². The van der Waals surface area contributed by atoms with Crippen molar-refractivity contribution in [1.82, 2.24) is 0 Å². The van der Waals surface area contributed by atoms with Crippen LogP contribution in [0, 0.1) is 0 Å². The molecule has 1 fully saturated rings. The summed E-state index contributed by atoms with van der Waals surface area (Å²) < 4.78 is 4.57. The molecule has 1 heterocycles. The molecule has 0 aromatic carbocycles. The van der Waals surface area contributed by atoms with Gasteiger partial charge in [-0.05, 0) is 0 Å². The number of carboxylic acid groups (broad SMARTS) is 1. The summed E-state index contributed by atoms with van der Waals surface area (Å²) in [4.78, 5) is 20.4. The van der Waals surface area contributed by atoms with E-state index in [1.54, 1.807) is 0 Å². The molecule has 0 bridgehead atoms. The molecule has 0 saturated carbocycles. The van der Waals surface area contributed by atoms with E-state index in [0.717, 1.165) is 0 Å². The van der Waals surface area contributed by atoms with Crippen LogP contribution < -0.4 is 40.4 Å². The van der Waals surface area contributed by atoms with Crippen LogP contribution in [0.25, 0.3) is 0 Å². The second kappa shape index (κ2) is 3.53. The molecule has 0 spiro atoms. The quantitative estimate of drug-likeness (QED) is 0.335. The zero-order valence-electron chi connectivity index (χ0n) is 6.12. The Labute approximate surface area is 85.2 Å². The van der Waals surface area contributed by atoms with Crippen molar-refractivity contribution in [3.63, 3.8) is 0 Å². The minimum Gasteiger partial charge on any atom is -0.550 e. The Morgan fingerprint density at radius 2 is 2.09 bits per heavy atom. The van der Waals surface area contributed by atoms with E-state index in [2.05, 4.69) is 4.74 Å². The maximum atomic E-state index is 10.4. The summed E-state index contributed by atoms with van der Waals surface area (Å²) in [6.07, 6.45) is -0.442. The van der Waals surface area contributed by atoms with Gasteiger partial charge in [-0.3, -0.25) is 4.79 Å². The van der Waals surface area contributed by atoms with E-state index < -0.39 is 23.9 Å². The molecule has 1 unspecified atom stereocenters. The van der Waals surface area contributed by atoms with Gasteiger partial charge in [0.05, 0.1) is 6.61 Å². The van der Waals surface area contributed by atoms with Crippen molar-refractivity contribution < 1.29 is 49.0 Å². The predicted molar refractivity (Wildman–Crippen MR) is 27.5 cm³/mol. The van der Waals surface area contributed by atoms with Crippen molar-refractivity contribution in [3.8, 4) is 0 Å². The average molecular weight is 167 g/mol. The smallest absolute Gasteiger partial charge is 0.550 e. The Hall–Kier alpha value is -0.100. The van der Waals surface area contributed by atoms with E-state index in [-0.39, 0.29) is 36.2 Å². The minimum atomic E-state index is -1.32. The van der Waals surface area contributed by atoms with E-state index in [0.29, 0.717) is 0 Å². The molecule has 2 N–H and O–H groups in total. The molecule has 0 aromatic heterocycles. The van der Waals surface area contributed by atoms with Crippen LogP contribution in [-0.2, 0) is 14.3 Å². The van der Waals surface area contributed by atoms with E-state index in [1.165, 1.54) is 0 Å². The summed E-state index contributed by atoms with van der Waals surface area (Å²) in [5, 5.41) is 9.96. The second-order valence-electron chi connectivity index (χ2n) is 2.20. The number of nitrogens with two attached hydrogens (primary N) is 1. The number of ether oxygens (including phenoxy) is 1. The van der Waals surface area contributed by atoms with Gasteiger partial charge in [-0.25, -0.2) is 0 Å². The van der Waals surface area contributed by atoms with E-state index >= 15 is 0 Å². The Kier molecular flexibility index (Phi) is 3.50. The predicted octanol–water partition coefficient (Wildman–Crippen LogP) is -5.62. The molecule has 1 saturated heterocycles. The summed E-state index contributed by atoms with van der Waals surface area (Å²) in [6.45, 7) is 0.0936. The Morgan fingerprint density at radius 1 is 1.64 bits per heavy atom. The van der Waals surface area contributed by atoms with Crippen molar-refractivity contribution in [2.45, 2.75) is 12.0 Å². The third kappa shape index (κ3) is 2.44. The molecule has 56 valence electrons. The average Bonchev–Trinajstić information content (AvgIpc) is 2.46. The zero-order valence-corrected chi connectivity index (χ0v) is 8.12. The largest absolute Gasteiger partial charge is 1.00 e. The van der Waals surface area contributed by atoms with Gasteiger partial charge < -0.3 is 20.4 Å². The van der Waals surface area contributed by atoms with Crippen LogP contribution >= 0.6 is 0 Å². The zero-order chi connectivity index (χ0) is 7.78. The third-order valence-electron chi connectivity index (χ3n) is 1.37. The molecule has 0 aromatic rings. The molecule has 11 heavy (non-hydrogen) atoms. The van der Waals surface area contributed by atoms with Gasteiger partial charge >= 0.3 is 29.6 Å². The van der Waals surface area contributed by atoms with Crippen molar-refractivity contribution in [2.24, 2.45) is 5.73 Å². The van der Waals surface area contributed by atoms with Gasteiger partial charge in [0.25, 0.3) is 5.91 Å². The van der Waals surface area contributed by atoms with E-state index in [9.17, 15) is 14.7 Å². The summed E-state index contributed by atoms with van der Waals surface area (Å²) >= 11 is 0. The van der Waals surface area contributed by atoms with Gasteiger partial charge in [-0.2, -0.15) is 0 Å². The van der Waals surface area contributed by atoms with Crippen LogP contribution in [0.15, 0.2) is 0 Å². The first-order chi connectivity index (χ1) is 4.57. The fourth-order valence-corrected chi connectivity index (χ4v) is 0.652. The summed E-state index contributed by atoms with van der Waals surface area (Å²) in [6, 6.07) is 0. The fourth-order valence-electron chi connectivity index (χ4n) is 0.652. The van der Waals surface area contributed by atoms with Crippen LogP contribution in [0.5, 0.6) is 0 Å². The van der Waals surface area contributed by atoms with Crippen LogP contribution in [0.4, 0.5) is 0 Å². The first-order valence-electron chi connectivity index (χ1n) is 2.70. The number of carboxylic acids is 1. The number of primary amides is 1. The minimum absolute atomic E-state index is 0. The van der Waals surface area contributed by atoms with Crippen LogP contribution in [0.2, 0.25) is 0 Å². The Bertz CT molecular complexity index is 189. The Morgan fingerprint density at radius 3 is 2.18 bits per heavy atom. The van der Waals surface area contributed by atoms with Gasteiger partial charge in [-0.15, -0.1) is 0 Å². The van der Waals surface area contributed by atoms with Crippen LogP contribution in [-0.4, -0.2) is 24.1 Å². The summed E-state index contributed by atoms with van der Waals surface area (Å²) in [7, 11) is 0. The number of carbonyl (C=O) groups is 2. The molecule has 1 aliphatic heterocycles. The van der Waals surface area contributed by atoms with Crippen molar-refractivity contribution in [3.05, 3.63) is 0 Å². The molecule has 0 radical (unpaired) electrons. The molecular formula is C5H6NNaO4. The first-order valence-corrected chi connectivity index (χ1v) is 2.70. The SMILES string of the molecule is NC(=O)C1(CC(=O)[O-])CO1.[Na+]. The summed E-state index contributed by atoms with van der Waals surface area (Å²) in [5.41, 5.74) is 3.57. The molecule has 1 rings (SSSR count). The number of amides is 1. The number of hydrogen-bond donors (Lipinski definition) is 1. The third-order valence-corrected chi connectivity index (χ3v) is 1.37. The van der Waals surface area contributed by atoms with Crippen molar-refractivity contribution >= 4 is 11.9 Å². The number of epoxide rings is 1. The molecular weight excluding hydrogens is 161 g/mol. The molecule has 0 aliphatic carbocycles. The van der Waals surface area contributed by atoms with Gasteiger partial charge in [0.2, 0.25) is 0 Å². The molecule has 1 aliphatic rings. The molecule has 1 amide bonds. The maximum Gasteiger partial charge on any atom is 1.00 e. The number of hydrogen-bond acceptors (Lipinski definition) is 4. The van der Waals surface area contributed by atoms with Gasteiger partial charge in [0.1, 0.15) is 0 Å². The molecule has 6 heteroatoms. The number of rotatable bonds is 3. The summed E-state index contributed by atoms with van der Waals surface area (Å²) in [5.74, 6) is -2.06. The monoisotopic (exact) mass is 167 g/mol. The van der Waals surface area contributed by atoms with Gasteiger partial charge in [-0.1, -0.05) is 0 Å². The maximum absolute atomic E-state index is 10.4. The fraction of sp³-hybridized carbons (Fsp3) is 0.600. The van der Waals surface area contributed by atoms with Crippen LogP contribution in [0.1, 0.15) is 6.42 Å². The second-order valence-corrected chi connectivity index (χ2v) is 2.20. The van der Waals surface area contributed by atoms with Gasteiger partial charge in [0, 0.05) is 12.4 Å². The molecule has 1 atom stereocenters. The van der Waals surface area contributed by atoms with Crippen molar-refractivity contribution in [1.29, 1.82) is 0 Å². The normalized spacial score (nSPS) is 26.9.